The summed E-state index contributed by atoms with van der Waals surface area (Å²) in [5, 5.41) is 0.664. The van der Waals surface area contributed by atoms with Crippen LogP contribution < -0.4 is 4.74 Å². The zero-order valence-corrected chi connectivity index (χ0v) is 7.85. The van der Waals surface area contributed by atoms with Gasteiger partial charge in [-0.1, -0.05) is 11.6 Å². The predicted molar refractivity (Wildman–Crippen MR) is 49.9 cm³/mol. The lowest BCUT2D eigenvalue weighted by atomic mass is 10.0. The molecule has 0 amide bonds. The lowest BCUT2D eigenvalue weighted by Gasteiger charge is -2.16. The van der Waals surface area contributed by atoms with E-state index in [0.29, 0.717) is 5.02 Å². The standard InChI is InChI=1S/C10H11ClO/c1-10(2)6-7-5-8(11)3-4-9(7)12-10/h3-5H,6H2,1-2H3/i6D. The molecule has 1 aliphatic heterocycles. The van der Waals surface area contributed by atoms with Crippen LogP contribution in [0.3, 0.4) is 0 Å². The first-order chi connectivity index (χ1) is 6.00. The van der Waals surface area contributed by atoms with Crippen LogP contribution in [0.2, 0.25) is 5.02 Å². The molecule has 1 heterocycles. The van der Waals surface area contributed by atoms with Crippen molar-refractivity contribution in [3.63, 3.8) is 0 Å². The fourth-order valence-corrected chi connectivity index (χ4v) is 1.59. The molecule has 2 rings (SSSR count). The highest BCUT2D eigenvalue weighted by Crippen LogP contribution is 2.35. The smallest absolute Gasteiger partial charge is 0.123 e. The summed E-state index contributed by atoms with van der Waals surface area (Å²) in [6, 6.07) is 5.42. The van der Waals surface area contributed by atoms with E-state index in [-0.39, 0.29) is 6.40 Å². The predicted octanol–water partition coefficient (Wildman–Crippen LogP) is 3.05. The summed E-state index contributed by atoms with van der Waals surface area (Å²) in [5.74, 6) is 0.786. The number of benzene rings is 1. The molecule has 0 aromatic heterocycles. The van der Waals surface area contributed by atoms with Crippen molar-refractivity contribution in [3.05, 3.63) is 28.8 Å². The number of fused-ring (bicyclic) bond motifs is 1. The van der Waals surface area contributed by atoms with E-state index in [4.69, 9.17) is 17.7 Å². The first-order valence-electron chi connectivity index (χ1n) is 4.49. The van der Waals surface area contributed by atoms with Gasteiger partial charge in [-0.15, -0.1) is 0 Å². The Kier molecular flexibility index (Phi) is 1.36. The molecule has 1 atom stereocenters. The lowest BCUT2D eigenvalue weighted by molar-refractivity contribution is 0.138. The molecular formula is C10H11ClO. The third kappa shape index (κ3) is 1.29. The third-order valence-electron chi connectivity index (χ3n) is 1.85. The van der Waals surface area contributed by atoms with Crippen molar-refractivity contribution >= 4 is 11.6 Å². The molecule has 1 nitrogen and oxygen atoms in total. The summed E-state index contributed by atoms with van der Waals surface area (Å²) < 4.78 is 13.5. The Hall–Kier alpha value is -0.690. The van der Waals surface area contributed by atoms with E-state index in [1.165, 1.54) is 0 Å². The molecule has 0 saturated heterocycles. The van der Waals surface area contributed by atoms with Gasteiger partial charge in [-0.25, -0.2) is 0 Å². The Morgan fingerprint density at radius 2 is 2.33 bits per heavy atom. The molecule has 0 spiro atoms. The topological polar surface area (TPSA) is 9.23 Å². The van der Waals surface area contributed by atoms with Gasteiger partial charge in [-0.2, -0.15) is 0 Å². The van der Waals surface area contributed by atoms with Gasteiger partial charge in [-0.3, -0.25) is 0 Å². The maximum Gasteiger partial charge on any atom is 0.123 e. The SMILES string of the molecule is [2H]C1c2cc(Cl)ccc2OC1(C)C. The van der Waals surface area contributed by atoms with Crippen molar-refractivity contribution in [2.45, 2.75) is 25.8 Å². The summed E-state index contributed by atoms with van der Waals surface area (Å²) in [7, 11) is 0. The van der Waals surface area contributed by atoms with Gasteiger partial charge >= 0.3 is 0 Å². The molecule has 0 fully saturated rings. The summed E-state index contributed by atoms with van der Waals surface area (Å²) in [5.41, 5.74) is 0.449. The summed E-state index contributed by atoms with van der Waals surface area (Å²) in [4.78, 5) is 0. The van der Waals surface area contributed by atoms with Gasteiger partial charge < -0.3 is 4.74 Å². The summed E-state index contributed by atoms with van der Waals surface area (Å²) in [6.07, 6.45) is -0.346. The Balaban J connectivity index is 2.51. The zero-order chi connectivity index (χ0) is 9.64. The Bertz CT molecular complexity index is 349. The molecule has 1 unspecified atom stereocenters. The van der Waals surface area contributed by atoms with Crippen LogP contribution in [0.1, 0.15) is 20.8 Å². The van der Waals surface area contributed by atoms with Crippen LogP contribution in [0, 0.1) is 0 Å². The van der Waals surface area contributed by atoms with E-state index in [9.17, 15) is 0 Å². The first-order valence-corrected chi connectivity index (χ1v) is 4.29. The van der Waals surface area contributed by atoms with Crippen molar-refractivity contribution in [1.29, 1.82) is 0 Å². The van der Waals surface area contributed by atoms with Gasteiger partial charge in [0.25, 0.3) is 0 Å². The van der Waals surface area contributed by atoms with Crippen molar-refractivity contribution in [2.75, 3.05) is 0 Å². The maximum atomic E-state index is 7.93. The van der Waals surface area contributed by atoms with Crippen LogP contribution in [-0.2, 0) is 6.40 Å². The van der Waals surface area contributed by atoms with Crippen LogP contribution >= 0.6 is 11.6 Å². The highest BCUT2D eigenvalue weighted by Gasteiger charge is 2.29. The van der Waals surface area contributed by atoms with Crippen LogP contribution in [0.15, 0.2) is 18.2 Å². The number of hydrogen-bond acceptors (Lipinski definition) is 1. The van der Waals surface area contributed by atoms with Crippen molar-refractivity contribution in [1.82, 2.24) is 0 Å². The quantitative estimate of drug-likeness (QED) is 0.601. The van der Waals surface area contributed by atoms with Crippen molar-refractivity contribution in [2.24, 2.45) is 0 Å². The normalized spacial score (nSPS) is 25.9. The van der Waals surface area contributed by atoms with Crippen LogP contribution in [-0.4, -0.2) is 5.60 Å². The zero-order valence-electron chi connectivity index (χ0n) is 8.10. The maximum absolute atomic E-state index is 7.93. The second-order valence-electron chi connectivity index (χ2n) is 3.53. The molecule has 64 valence electrons. The van der Waals surface area contributed by atoms with E-state index in [0.717, 1.165) is 11.3 Å². The van der Waals surface area contributed by atoms with Gasteiger partial charge in [0.1, 0.15) is 11.4 Å². The minimum atomic E-state index is -0.437. The van der Waals surface area contributed by atoms with E-state index >= 15 is 0 Å². The van der Waals surface area contributed by atoms with E-state index in [1.54, 1.807) is 6.07 Å². The van der Waals surface area contributed by atoms with Gasteiger partial charge in [-0.05, 0) is 37.6 Å². The average molecular weight is 184 g/mol. The monoisotopic (exact) mass is 183 g/mol. The molecule has 0 N–H and O–H groups in total. The minimum Gasteiger partial charge on any atom is -0.487 e. The summed E-state index contributed by atoms with van der Waals surface area (Å²) >= 11 is 5.84. The summed E-state index contributed by atoms with van der Waals surface area (Å²) in [6.45, 7) is 3.83. The molecular weight excluding hydrogens is 172 g/mol. The molecule has 2 heteroatoms. The van der Waals surface area contributed by atoms with Gasteiger partial charge in [0.2, 0.25) is 0 Å². The molecule has 0 aliphatic carbocycles. The van der Waals surface area contributed by atoms with Gasteiger partial charge in [0.05, 0.1) is 0 Å². The van der Waals surface area contributed by atoms with Crippen LogP contribution in [0.5, 0.6) is 5.75 Å². The van der Waals surface area contributed by atoms with Gasteiger partial charge in [0, 0.05) is 12.8 Å². The largest absolute Gasteiger partial charge is 0.487 e. The number of hydrogen-bond donors (Lipinski definition) is 0. The highest BCUT2D eigenvalue weighted by atomic mass is 35.5. The molecule has 0 saturated carbocycles. The third-order valence-corrected chi connectivity index (χ3v) is 2.08. The molecule has 1 aromatic carbocycles. The fraction of sp³-hybridized carbons (Fsp3) is 0.400. The Morgan fingerprint density at radius 3 is 3.08 bits per heavy atom. The fourth-order valence-electron chi connectivity index (χ4n) is 1.41. The van der Waals surface area contributed by atoms with Crippen LogP contribution in [0.25, 0.3) is 0 Å². The van der Waals surface area contributed by atoms with Crippen molar-refractivity contribution < 1.29 is 6.11 Å². The molecule has 1 aromatic rings. The molecule has 12 heavy (non-hydrogen) atoms. The van der Waals surface area contributed by atoms with E-state index in [2.05, 4.69) is 0 Å². The average Bonchev–Trinajstić information content (AvgIpc) is 2.26. The van der Waals surface area contributed by atoms with E-state index in [1.807, 2.05) is 26.0 Å². The minimum absolute atomic E-state index is 0.346. The number of rotatable bonds is 0. The molecule has 0 bridgehead atoms. The number of ether oxygens (including phenoxy) is 1. The second-order valence-corrected chi connectivity index (χ2v) is 3.97. The highest BCUT2D eigenvalue weighted by molar-refractivity contribution is 6.30. The van der Waals surface area contributed by atoms with Crippen molar-refractivity contribution in [3.8, 4) is 5.75 Å². The second kappa shape index (κ2) is 2.40. The first kappa shape index (κ1) is 6.79. The van der Waals surface area contributed by atoms with E-state index < -0.39 is 5.60 Å². The Morgan fingerprint density at radius 1 is 1.58 bits per heavy atom. The Labute approximate surface area is 78.7 Å². The molecule has 0 radical (unpaired) electrons. The van der Waals surface area contributed by atoms with Gasteiger partial charge in [0.15, 0.2) is 0 Å². The van der Waals surface area contributed by atoms with Crippen LogP contribution in [0.4, 0.5) is 0 Å². The molecule has 1 aliphatic rings. The lowest BCUT2D eigenvalue weighted by Crippen LogP contribution is -2.24. The number of halogens is 1.